The van der Waals surface area contributed by atoms with Gasteiger partial charge in [-0.1, -0.05) is 38.0 Å². The van der Waals surface area contributed by atoms with Crippen molar-refractivity contribution in [1.29, 1.82) is 0 Å². The predicted molar refractivity (Wildman–Crippen MR) is 80.6 cm³/mol. The normalized spacial score (nSPS) is 24.3. The van der Waals surface area contributed by atoms with Crippen molar-refractivity contribution >= 4 is 5.69 Å². The lowest BCUT2D eigenvalue weighted by atomic mass is 9.82. The molecule has 1 aromatic rings. The predicted octanol–water partition coefficient (Wildman–Crippen LogP) is 4.07. The van der Waals surface area contributed by atoms with Crippen LogP contribution in [0.1, 0.15) is 51.1 Å². The lowest BCUT2D eigenvalue weighted by Gasteiger charge is -2.28. The zero-order valence-electron chi connectivity index (χ0n) is 12.3. The van der Waals surface area contributed by atoms with E-state index in [1.165, 1.54) is 25.7 Å². The highest BCUT2D eigenvalue weighted by Crippen LogP contribution is 2.29. The van der Waals surface area contributed by atoms with E-state index in [1.807, 2.05) is 19.1 Å². The third kappa shape index (κ3) is 3.79. The van der Waals surface area contributed by atoms with Crippen LogP contribution in [0.5, 0.6) is 0 Å². The molecule has 0 spiro atoms. The van der Waals surface area contributed by atoms with Gasteiger partial charge in [0, 0.05) is 17.7 Å². The number of hydrogen-bond acceptors (Lipinski definition) is 3. The third-order valence-electron chi connectivity index (χ3n) is 4.36. The molecule has 20 heavy (non-hydrogen) atoms. The molecule has 1 saturated carbocycles. The van der Waals surface area contributed by atoms with Gasteiger partial charge in [-0.2, -0.15) is 0 Å². The Morgan fingerprint density at radius 3 is 2.85 bits per heavy atom. The molecule has 0 aromatic heterocycles. The molecule has 3 atom stereocenters. The molecule has 110 valence electrons. The Bertz CT molecular complexity index is 462. The average molecular weight is 276 g/mol. The van der Waals surface area contributed by atoms with E-state index in [2.05, 4.69) is 12.2 Å². The van der Waals surface area contributed by atoms with Gasteiger partial charge in [0.2, 0.25) is 0 Å². The second kappa shape index (κ2) is 6.84. The zero-order valence-corrected chi connectivity index (χ0v) is 12.3. The van der Waals surface area contributed by atoms with Gasteiger partial charge in [0.05, 0.1) is 4.92 Å². The second-order valence-corrected chi connectivity index (χ2v) is 6.08. The van der Waals surface area contributed by atoms with Crippen molar-refractivity contribution in [2.45, 2.75) is 45.6 Å². The van der Waals surface area contributed by atoms with Crippen molar-refractivity contribution in [2.24, 2.45) is 11.8 Å². The number of para-hydroxylation sites is 1. The molecule has 0 aliphatic heterocycles. The number of nitro groups is 1. The van der Waals surface area contributed by atoms with E-state index in [0.29, 0.717) is 5.92 Å². The molecule has 2 rings (SSSR count). The van der Waals surface area contributed by atoms with E-state index < -0.39 is 0 Å². The van der Waals surface area contributed by atoms with Gasteiger partial charge < -0.3 is 5.32 Å². The van der Waals surface area contributed by atoms with Crippen molar-refractivity contribution in [3.8, 4) is 0 Å². The summed E-state index contributed by atoms with van der Waals surface area (Å²) in [4.78, 5) is 10.8. The maximum Gasteiger partial charge on any atom is 0.274 e. The van der Waals surface area contributed by atoms with Crippen LogP contribution >= 0.6 is 0 Å². The molecule has 4 heteroatoms. The molecular weight excluding hydrogens is 252 g/mol. The summed E-state index contributed by atoms with van der Waals surface area (Å²) in [6, 6.07) is 7.03. The van der Waals surface area contributed by atoms with Gasteiger partial charge in [-0.15, -0.1) is 0 Å². The van der Waals surface area contributed by atoms with Gasteiger partial charge in [0.25, 0.3) is 5.69 Å². The molecule has 1 aromatic carbocycles. The summed E-state index contributed by atoms with van der Waals surface area (Å²) < 4.78 is 0. The van der Waals surface area contributed by atoms with Crippen molar-refractivity contribution in [1.82, 2.24) is 5.32 Å². The zero-order chi connectivity index (χ0) is 14.5. The molecular formula is C16H24N2O2. The van der Waals surface area contributed by atoms with Crippen LogP contribution in [0.2, 0.25) is 0 Å². The van der Waals surface area contributed by atoms with Crippen LogP contribution in [0.4, 0.5) is 5.69 Å². The highest BCUT2D eigenvalue weighted by molar-refractivity contribution is 5.41. The van der Waals surface area contributed by atoms with Gasteiger partial charge in [-0.25, -0.2) is 0 Å². The van der Waals surface area contributed by atoms with Crippen molar-refractivity contribution in [3.63, 3.8) is 0 Å². The number of nitrogens with one attached hydrogen (secondary N) is 1. The number of hydrogen-bond donors (Lipinski definition) is 1. The Morgan fingerprint density at radius 1 is 1.40 bits per heavy atom. The Kier molecular flexibility index (Phi) is 5.12. The summed E-state index contributed by atoms with van der Waals surface area (Å²) in [5, 5.41) is 14.5. The molecule has 1 aliphatic carbocycles. The van der Waals surface area contributed by atoms with Crippen LogP contribution in [0.25, 0.3) is 0 Å². The number of nitro benzene ring substituents is 1. The lowest BCUT2D eigenvalue weighted by Crippen LogP contribution is -2.29. The van der Waals surface area contributed by atoms with Gasteiger partial charge >= 0.3 is 0 Å². The molecule has 0 amide bonds. The minimum Gasteiger partial charge on any atom is -0.310 e. The minimum atomic E-state index is -0.295. The van der Waals surface area contributed by atoms with Gasteiger partial charge in [0.15, 0.2) is 0 Å². The molecule has 0 radical (unpaired) electrons. The summed E-state index contributed by atoms with van der Waals surface area (Å²) >= 11 is 0. The number of benzene rings is 1. The Hall–Kier alpha value is -1.42. The van der Waals surface area contributed by atoms with Crippen molar-refractivity contribution < 1.29 is 4.92 Å². The van der Waals surface area contributed by atoms with Crippen LogP contribution in [0, 0.1) is 22.0 Å². The quantitative estimate of drug-likeness (QED) is 0.651. The molecule has 4 nitrogen and oxygen atoms in total. The Labute approximate surface area is 120 Å². The fraction of sp³-hybridized carbons (Fsp3) is 0.625. The molecule has 0 bridgehead atoms. The van der Waals surface area contributed by atoms with Crippen LogP contribution in [-0.4, -0.2) is 11.5 Å². The highest BCUT2D eigenvalue weighted by atomic mass is 16.6. The van der Waals surface area contributed by atoms with Crippen LogP contribution < -0.4 is 5.32 Å². The maximum absolute atomic E-state index is 11.1. The molecule has 1 N–H and O–H groups in total. The highest BCUT2D eigenvalue weighted by Gasteiger charge is 2.21. The summed E-state index contributed by atoms with van der Waals surface area (Å²) in [6.45, 7) is 5.28. The SMILES string of the molecule is CC1CCCC(CNC(C)c2ccccc2[N+](=O)[O-])C1. The van der Waals surface area contributed by atoms with Crippen LogP contribution in [0.3, 0.4) is 0 Å². The first-order valence-electron chi connectivity index (χ1n) is 7.54. The van der Waals surface area contributed by atoms with Crippen molar-refractivity contribution in [3.05, 3.63) is 39.9 Å². The van der Waals surface area contributed by atoms with E-state index in [1.54, 1.807) is 12.1 Å². The minimum absolute atomic E-state index is 0.0221. The second-order valence-electron chi connectivity index (χ2n) is 6.08. The molecule has 3 unspecified atom stereocenters. The van der Waals surface area contributed by atoms with Crippen molar-refractivity contribution in [2.75, 3.05) is 6.54 Å². The van der Waals surface area contributed by atoms with Gasteiger partial charge in [0.1, 0.15) is 0 Å². The van der Waals surface area contributed by atoms with E-state index in [4.69, 9.17) is 0 Å². The average Bonchev–Trinajstić information content (AvgIpc) is 2.45. The first-order valence-corrected chi connectivity index (χ1v) is 7.54. The standard InChI is InChI=1S/C16H24N2O2/c1-12-6-5-7-14(10-12)11-17-13(2)15-8-3-4-9-16(15)18(19)20/h3-4,8-9,12-14,17H,5-7,10-11H2,1-2H3. The van der Waals surface area contributed by atoms with E-state index >= 15 is 0 Å². The number of nitrogens with zero attached hydrogens (tertiary/aromatic N) is 1. The fourth-order valence-electron chi connectivity index (χ4n) is 3.22. The summed E-state index contributed by atoms with van der Waals surface area (Å²) in [5.41, 5.74) is 0.992. The smallest absolute Gasteiger partial charge is 0.274 e. The monoisotopic (exact) mass is 276 g/mol. The van der Waals surface area contributed by atoms with Gasteiger partial charge in [-0.3, -0.25) is 10.1 Å². The summed E-state index contributed by atoms with van der Waals surface area (Å²) in [6.07, 6.45) is 5.21. The van der Waals surface area contributed by atoms with Crippen LogP contribution in [0.15, 0.2) is 24.3 Å². The Balaban J connectivity index is 1.95. The topological polar surface area (TPSA) is 55.2 Å². The summed E-state index contributed by atoms with van der Waals surface area (Å²) in [5.74, 6) is 1.53. The molecule has 1 fully saturated rings. The summed E-state index contributed by atoms with van der Waals surface area (Å²) in [7, 11) is 0. The molecule has 1 aliphatic rings. The number of rotatable bonds is 5. The van der Waals surface area contributed by atoms with E-state index in [-0.39, 0.29) is 16.7 Å². The fourth-order valence-corrected chi connectivity index (χ4v) is 3.22. The molecule has 0 saturated heterocycles. The van der Waals surface area contributed by atoms with E-state index in [9.17, 15) is 10.1 Å². The Morgan fingerprint density at radius 2 is 2.15 bits per heavy atom. The van der Waals surface area contributed by atoms with Crippen LogP contribution in [-0.2, 0) is 0 Å². The lowest BCUT2D eigenvalue weighted by molar-refractivity contribution is -0.385. The molecule has 0 heterocycles. The first kappa shape index (κ1) is 15.0. The van der Waals surface area contributed by atoms with Gasteiger partial charge in [-0.05, 0) is 38.1 Å². The maximum atomic E-state index is 11.1. The first-order chi connectivity index (χ1) is 9.58. The van der Waals surface area contributed by atoms with E-state index in [0.717, 1.165) is 18.0 Å². The third-order valence-corrected chi connectivity index (χ3v) is 4.36. The largest absolute Gasteiger partial charge is 0.310 e.